The lowest BCUT2D eigenvalue weighted by Crippen LogP contribution is -2.09. The number of esters is 1. The maximum atomic E-state index is 11.5. The summed E-state index contributed by atoms with van der Waals surface area (Å²) in [6, 6.07) is 1.68. The molecule has 0 aliphatic rings. The highest BCUT2D eigenvalue weighted by molar-refractivity contribution is 7.17. The van der Waals surface area contributed by atoms with Crippen LogP contribution in [0.25, 0.3) is 0 Å². The molecule has 1 atom stereocenters. The summed E-state index contributed by atoms with van der Waals surface area (Å²) in [5.41, 5.74) is 0. The summed E-state index contributed by atoms with van der Waals surface area (Å²) in [6.45, 7) is 4.06. The topological polar surface area (TPSA) is 77.0 Å². The van der Waals surface area contributed by atoms with E-state index in [1.54, 1.807) is 25.4 Å². The Bertz CT molecular complexity index is 544. The van der Waals surface area contributed by atoms with Crippen LogP contribution in [0.3, 0.4) is 0 Å². The summed E-state index contributed by atoms with van der Waals surface area (Å²) in [7, 11) is 0. The van der Waals surface area contributed by atoms with Gasteiger partial charge in [-0.15, -0.1) is 0 Å². The number of anilines is 1. The predicted octanol–water partition coefficient (Wildman–Crippen LogP) is 2.28. The molecule has 2 aromatic rings. The summed E-state index contributed by atoms with van der Waals surface area (Å²) >= 11 is 1.25. The lowest BCUT2D eigenvalue weighted by molar-refractivity contribution is 0.0532. The quantitative estimate of drug-likeness (QED) is 0.845. The Kier molecular flexibility index (Phi) is 4.40. The first-order chi connectivity index (χ1) is 9.20. The van der Waals surface area contributed by atoms with Crippen LogP contribution >= 0.6 is 11.3 Å². The third kappa shape index (κ3) is 3.47. The van der Waals surface area contributed by atoms with Gasteiger partial charge in [-0.3, -0.25) is 0 Å². The van der Waals surface area contributed by atoms with E-state index in [2.05, 4.69) is 20.3 Å². The molecule has 0 aromatic carbocycles. The molecule has 0 saturated carbocycles. The largest absolute Gasteiger partial charge is 0.462 e. The normalized spacial score (nSPS) is 11.9. The standard InChI is InChI=1S/C12H14N4O2S/c1-3-18-11(17)9-7-15-12(19-9)16-8(2)10-13-5-4-6-14-10/h4-8H,3H2,1-2H3,(H,15,16). The van der Waals surface area contributed by atoms with Crippen molar-refractivity contribution in [3.8, 4) is 0 Å². The Balaban J connectivity index is 2.02. The van der Waals surface area contributed by atoms with Gasteiger partial charge in [0.05, 0.1) is 18.8 Å². The fourth-order valence-electron chi connectivity index (χ4n) is 1.42. The average Bonchev–Trinajstić information content (AvgIpc) is 2.88. The monoisotopic (exact) mass is 278 g/mol. The van der Waals surface area contributed by atoms with Crippen molar-refractivity contribution in [3.05, 3.63) is 35.4 Å². The van der Waals surface area contributed by atoms with Gasteiger partial charge in [-0.25, -0.2) is 19.7 Å². The highest BCUT2D eigenvalue weighted by Gasteiger charge is 2.14. The van der Waals surface area contributed by atoms with Crippen LogP contribution in [0.2, 0.25) is 0 Å². The lowest BCUT2D eigenvalue weighted by Gasteiger charge is -2.10. The van der Waals surface area contributed by atoms with E-state index >= 15 is 0 Å². The number of hydrogen-bond acceptors (Lipinski definition) is 7. The minimum atomic E-state index is -0.350. The zero-order valence-corrected chi connectivity index (χ0v) is 11.5. The number of aromatic nitrogens is 3. The maximum absolute atomic E-state index is 11.5. The van der Waals surface area contributed by atoms with Crippen LogP contribution < -0.4 is 5.32 Å². The molecule has 2 aromatic heterocycles. The van der Waals surface area contributed by atoms with Crippen LogP contribution in [0.15, 0.2) is 24.7 Å². The van der Waals surface area contributed by atoms with Crippen LogP contribution in [0, 0.1) is 0 Å². The van der Waals surface area contributed by atoms with E-state index in [9.17, 15) is 4.79 Å². The second kappa shape index (κ2) is 6.24. The number of thiazole rings is 1. The van der Waals surface area contributed by atoms with Crippen LogP contribution in [0.5, 0.6) is 0 Å². The minimum Gasteiger partial charge on any atom is -0.462 e. The van der Waals surface area contributed by atoms with Crippen molar-refractivity contribution in [3.63, 3.8) is 0 Å². The van der Waals surface area contributed by atoms with E-state index in [-0.39, 0.29) is 12.0 Å². The first kappa shape index (κ1) is 13.4. The van der Waals surface area contributed by atoms with E-state index in [4.69, 9.17) is 4.74 Å². The Morgan fingerprint density at radius 1 is 1.42 bits per heavy atom. The van der Waals surface area contributed by atoms with E-state index in [0.717, 1.165) is 0 Å². The van der Waals surface area contributed by atoms with Gasteiger partial charge in [0.2, 0.25) is 0 Å². The van der Waals surface area contributed by atoms with Gasteiger partial charge in [-0.05, 0) is 19.9 Å². The van der Waals surface area contributed by atoms with Gasteiger partial charge < -0.3 is 10.1 Å². The molecule has 1 N–H and O–H groups in total. The number of rotatable bonds is 5. The molecular formula is C12H14N4O2S. The van der Waals surface area contributed by atoms with Gasteiger partial charge in [-0.2, -0.15) is 0 Å². The molecule has 0 spiro atoms. The SMILES string of the molecule is CCOC(=O)c1cnc(NC(C)c2ncccn2)s1. The fraction of sp³-hybridized carbons (Fsp3) is 0.333. The number of nitrogens with one attached hydrogen (secondary N) is 1. The average molecular weight is 278 g/mol. The lowest BCUT2D eigenvalue weighted by atomic mass is 10.3. The van der Waals surface area contributed by atoms with E-state index in [1.165, 1.54) is 17.5 Å². The summed E-state index contributed by atoms with van der Waals surface area (Å²) in [6.07, 6.45) is 4.88. The number of nitrogens with zero attached hydrogens (tertiary/aromatic N) is 3. The van der Waals surface area contributed by atoms with Crippen molar-refractivity contribution in [2.24, 2.45) is 0 Å². The first-order valence-electron chi connectivity index (χ1n) is 5.87. The summed E-state index contributed by atoms with van der Waals surface area (Å²) < 4.78 is 4.91. The Morgan fingerprint density at radius 2 is 2.16 bits per heavy atom. The molecule has 100 valence electrons. The molecule has 0 bridgehead atoms. The van der Waals surface area contributed by atoms with Crippen molar-refractivity contribution in [2.45, 2.75) is 19.9 Å². The highest BCUT2D eigenvalue weighted by atomic mass is 32.1. The molecule has 0 amide bonds. The minimum absolute atomic E-state index is 0.0811. The first-order valence-corrected chi connectivity index (χ1v) is 6.68. The molecule has 0 aliphatic heterocycles. The van der Waals surface area contributed by atoms with Gasteiger partial charge in [-0.1, -0.05) is 11.3 Å². The van der Waals surface area contributed by atoms with Crippen molar-refractivity contribution in [2.75, 3.05) is 11.9 Å². The third-order valence-electron chi connectivity index (χ3n) is 2.30. The molecule has 19 heavy (non-hydrogen) atoms. The van der Waals surface area contributed by atoms with Gasteiger partial charge in [0, 0.05) is 12.4 Å². The van der Waals surface area contributed by atoms with Crippen LogP contribution in [0.4, 0.5) is 5.13 Å². The maximum Gasteiger partial charge on any atom is 0.350 e. The summed E-state index contributed by atoms with van der Waals surface area (Å²) in [5, 5.41) is 3.79. The Hall–Kier alpha value is -2.02. The second-order valence-electron chi connectivity index (χ2n) is 3.72. The second-order valence-corrected chi connectivity index (χ2v) is 4.75. The van der Waals surface area contributed by atoms with Gasteiger partial charge >= 0.3 is 5.97 Å². The predicted molar refractivity (Wildman–Crippen MR) is 72.1 cm³/mol. The van der Waals surface area contributed by atoms with Crippen LogP contribution in [-0.4, -0.2) is 27.5 Å². The number of hydrogen-bond donors (Lipinski definition) is 1. The summed E-state index contributed by atoms with van der Waals surface area (Å²) in [5.74, 6) is 0.326. The number of ether oxygens (including phenoxy) is 1. The molecule has 6 nitrogen and oxygen atoms in total. The van der Waals surface area contributed by atoms with Crippen LogP contribution in [0.1, 0.15) is 35.4 Å². The van der Waals surface area contributed by atoms with Crippen LogP contribution in [-0.2, 0) is 4.74 Å². The van der Waals surface area contributed by atoms with Crippen molar-refractivity contribution < 1.29 is 9.53 Å². The van der Waals surface area contributed by atoms with Crippen molar-refractivity contribution in [1.29, 1.82) is 0 Å². The Labute approximate surface area is 114 Å². The zero-order valence-electron chi connectivity index (χ0n) is 10.7. The zero-order chi connectivity index (χ0) is 13.7. The molecule has 1 unspecified atom stereocenters. The summed E-state index contributed by atoms with van der Waals surface area (Å²) in [4.78, 5) is 24.4. The van der Waals surface area contributed by atoms with Crippen molar-refractivity contribution >= 4 is 22.4 Å². The molecular weight excluding hydrogens is 264 g/mol. The van der Waals surface area contributed by atoms with E-state index in [1.807, 2.05) is 6.92 Å². The number of carbonyl (C=O) groups is 1. The molecule has 0 fully saturated rings. The Morgan fingerprint density at radius 3 is 2.84 bits per heavy atom. The van der Waals surface area contributed by atoms with E-state index in [0.29, 0.717) is 22.4 Å². The molecule has 2 heterocycles. The molecule has 0 saturated heterocycles. The third-order valence-corrected chi connectivity index (χ3v) is 3.20. The van der Waals surface area contributed by atoms with Gasteiger partial charge in [0.25, 0.3) is 0 Å². The van der Waals surface area contributed by atoms with Gasteiger partial charge in [0.1, 0.15) is 10.7 Å². The van der Waals surface area contributed by atoms with E-state index < -0.39 is 0 Å². The van der Waals surface area contributed by atoms with Crippen molar-refractivity contribution in [1.82, 2.24) is 15.0 Å². The smallest absolute Gasteiger partial charge is 0.350 e. The molecule has 0 aliphatic carbocycles. The molecule has 7 heteroatoms. The highest BCUT2D eigenvalue weighted by Crippen LogP contribution is 2.22. The van der Waals surface area contributed by atoms with Gasteiger partial charge in [0.15, 0.2) is 5.13 Å². The fourth-order valence-corrected chi connectivity index (χ4v) is 2.22. The number of carbonyl (C=O) groups excluding carboxylic acids is 1. The molecule has 0 radical (unpaired) electrons. The molecule has 2 rings (SSSR count).